The lowest BCUT2D eigenvalue weighted by atomic mass is 10.2. The summed E-state index contributed by atoms with van der Waals surface area (Å²) in [5.41, 5.74) is 1.04. The van der Waals surface area contributed by atoms with Gasteiger partial charge in [0.25, 0.3) is 0 Å². The molecule has 2 fully saturated rings. The number of halogens is 2. The van der Waals surface area contributed by atoms with Crippen molar-refractivity contribution in [2.45, 2.75) is 19.8 Å². The van der Waals surface area contributed by atoms with Crippen molar-refractivity contribution in [3.05, 3.63) is 30.1 Å². The molecule has 0 saturated carbocycles. The Morgan fingerprint density at radius 1 is 1.04 bits per heavy atom. The van der Waals surface area contributed by atoms with Crippen LogP contribution in [0.1, 0.15) is 19.8 Å². The van der Waals surface area contributed by atoms with E-state index in [0.717, 1.165) is 70.3 Å². The van der Waals surface area contributed by atoms with Crippen molar-refractivity contribution >= 4 is 41.5 Å². The van der Waals surface area contributed by atoms with Gasteiger partial charge in [-0.3, -0.25) is 4.79 Å². The topological polar surface area (TPSA) is 51.2 Å². The van der Waals surface area contributed by atoms with Crippen LogP contribution in [0.25, 0.3) is 0 Å². The molecule has 1 amide bonds. The smallest absolute Gasteiger partial charge is 0.244 e. The zero-order chi connectivity index (χ0) is 18.4. The number of carbonyl (C=O) groups is 1. The molecular weight excluding hydrogens is 460 g/mol. The molecule has 2 aliphatic rings. The average molecular weight is 489 g/mol. The highest BCUT2D eigenvalue weighted by Gasteiger charge is 2.21. The molecule has 27 heavy (non-hydrogen) atoms. The molecule has 2 saturated heterocycles. The lowest BCUT2D eigenvalue weighted by Crippen LogP contribution is -2.52. The standard InChI is InChI=1S/C19H28FN5O.HI/c1-2-21-19(22-15-18(26)24-9-3-4-10-24)25-13-11-23(12-14-25)17-7-5-16(20)6-8-17;/h5-8H,2-4,9-15H2,1H3,(H,21,22);1H. The fourth-order valence-corrected chi connectivity index (χ4v) is 3.46. The SMILES string of the molecule is CCNC(=NCC(=O)N1CCCC1)N1CCN(c2ccc(F)cc2)CC1.I. The molecule has 6 nitrogen and oxygen atoms in total. The highest BCUT2D eigenvalue weighted by molar-refractivity contribution is 14.0. The van der Waals surface area contributed by atoms with Crippen LogP contribution in [0, 0.1) is 5.82 Å². The van der Waals surface area contributed by atoms with Gasteiger partial charge in [-0.05, 0) is 44.0 Å². The maximum Gasteiger partial charge on any atom is 0.244 e. The van der Waals surface area contributed by atoms with Crippen molar-refractivity contribution in [3.8, 4) is 0 Å². The molecule has 2 aliphatic heterocycles. The number of amides is 1. The molecule has 8 heteroatoms. The van der Waals surface area contributed by atoms with Gasteiger partial charge in [-0.15, -0.1) is 24.0 Å². The van der Waals surface area contributed by atoms with Crippen LogP contribution in [0.2, 0.25) is 0 Å². The summed E-state index contributed by atoms with van der Waals surface area (Å²) in [5.74, 6) is 0.707. The number of nitrogens with zero attached hydrogens (tertiary/aromatic N) is 4. The third-order valence-electron chi connectivity index (χ3n) is 4.93. The van der Waals surface area contributed by atoms with Crippen molar-refractivity contribution in [2.75, 3.05) is 57.3 Å². The van der Waals surface area contributed by atoms with Gasteiger partial charge in [0.2, 0.25) is 5.91 Å². The van der Waals surface area contributed by atoms with Crippen molar-refractivity contribution < 1.29 is 9.18 Å². The van der Waals surface area contributed by atoms with Crippen molar-refractivity contribution in [3.63, 3.8) is 0 Å². The predicted octanol–water partition coefficient (Wildman–Crippen LogP) is 2.15. The van der Waals surface area contributed by atoms with E-state index >= 15 is 0 Å². The van der Waals surface area contributed by atoms with E-state index in [1.54, 1.807) is 0 Å². The molecule has 0 radical (unpaired) electrons. The summed E-state index contributed by atoms with van der Waals surface area (Å²) >= 11 is 0. The lowest BCUT2D eigenvalue weighted by Gasteiger charge is -2.37. The fourth-order valence-electron chi connectivity index (χ4n) is 3.46. The third-order valence-corrected chi connectivity index (χ3v) is 4.93. The third kappa shape index (κ3) is 5.95. The number of benzene rings is 1. The molecule has 0 spiro atoms. The van der Waals surface area contributed by atoms with E-state index in [0.29, 0.717) is 0 Å². The number of nitrogens with one attached hydrogen (secondary N) is 1. The number of likely N-dealkylation sites (tertiary alicyclic amines) is 1. The molecule has 0 atom stereocenters. The van der Waals surface area contributed by atoms with Gasteiger partial charge in [-0.2, -0.15) is 0 Å². The highest BCUT2D eigenvalue weighted by atomic mass is 127. The first kappa shape index (κ1) is 21.7. The minimum Gasteiger partial charge on any atom is -0.368 e. The van der Waals surface area contributed by atoms with Crippen LogP contribution in [-0.2, 0) is 4.79 Å². The number of piperazine rings is 1. The summed E-state index contributed by atoms with van der Waals surface area (Å²) in [5, 5.41) is 3.30. The largest absolute Gasteiger partial charge is 0.368 e. The number of anilines is 1. The van der Waals surface area contributed by atoms with Crippen LogP contribution in [0.15, 0.2) is 29.3 Å². The monoisotopic (exact) mass is 489 g/mol. The van der Waals surface area contributed by atoms with Crippen molar-refractivity contribution in [2.24, 2.45) is 4.99 Å². The van der Waals surface area contributed by atoms with Crippen molar-refractivity contribution in [1.29, 1.82) is 0 Å². The highest BCUT2D eigenvalue weighted by Crippen LogP contribution is 2.17. The summed E-state index contributed by atoms with van der Waals surface area (Å²) in [6.07, 6.45) is 2.20. The molecule has 0 bridgehead atoms. The molecular formula is C19H29FIN5O. The van der Waals surface area contributed by atoms with E-state index in [-0.39, 0.29) is 42.2 Å². The first-order chi connectivity index (χ1) is 12.7. The normalized spacial score (nSPS) is 17.7. The van der Waals surface area contributed by atoms with Gasteiger partial charge < -0.3 is 20.0 Å². The van der Waals surface area contributed by atoms with Gasteiger partial charge in [-0.25, -0.2) is 9.38 Å². The van der Waals surface area contributed by atoms with Gasteiger partial charge in [0.05, 0.1) is 0 Å². The van der Waals surface area contributed by atoms with Gasteiger partial charge in [0.15, 0.2) is 5.96 Å². The Balaban J connectivity index is 0.00000261. The molecule has 150 valence electrons. The second-order valence-electron chi connectivity index (χ2n) is 6.71. The Hall–Kier alpha value is -1.58. The van der Waals surface area contributed by atoms with Gasteiger partial charge >= 0.3 is 0 Å². The molecule has 0 unspecified atom stereocenters. The number of guanidine groups is 1. The minimum atomic E-state index is -0.211. The van der Waals surface area contributed by atoms with Crippen molar-refractivity contribution in [1.82, 2.24) is 15.1 Å². The predicted molar refractivity (Wildman–Crippen MR) is 117 cm³/mol. The van der Waals surface area contributed by atoms with Gasteiger partial charge in [0.1, 0.15) is 12.4 Å². The van der Waals surface area contributed by atoms with E-state index in [2.05, 4.69) is 20.1 Å². The van der Waals surface area contributed by atoms with Crippen LogP contribution in [-0.4, -0.2) is 74.0 Å². The fraction of sp³-hybridized carbons (Fsp3) is 0.579. The first-order valence-corrected chi connectivity index (χ1v) is 9.49. The Morgan fingerprint density at radius 3 is 2.26 bits per heavy atom. The van der Waals surface area contributed by atoms with E-state index in [1.165, 1.54) is 12.1 Å². The number of hydrogen-bond acceptors (Lipinski definition) is 3. The van der Waals surface area contributed by atoms with E-state index in [9.17, 15) is 9.18 Å². The summed E-state index contributed by atoms with van der Waals surface area (Å²) in [6.45, 7) is 8.07. The average Bonchev–Trinajstić information content (AvgIpc) is 3.21. The zero-order valence-electron chi connectivity index (χ0n) is 15.9. The van der Waals surface area contributed by atoms with Crippen LogP contribution in [0.4, 0.5) is 10.1 Å². The molecule has 1 aromatic rings. The Morgan fingerprint density at radius 2 is 1.67 bits per heavy atom. The van der Waals surface area contributed by atoms with Crippen LogP contribution >= 0.6 is 24.0 Å². The summed E-state index contributed by atoms with van der Waals surface area (Å²) < 4.78 is 13.1. The Kier molecular flexibility index (Phi) is 8.59. The van der Waals surface area contributed by atoms with E-state index < -0.39 is 0 Å². The summed E-state index contributed by atoms with van der Waals surface area (Å²) in [7, 11) is 0. The molecule has 1 N–H and O–H groups in total. The Bertz CT molecular complexity index is 625. The molecule has 0 aliphatic carbocycles. The van der Waals surface area contributed by atoms with E-state index in [4.69, 9.17) is 0 Å². The molecule has 3 rings (SSSR count). The van der Waals surface area contributed by atoms with Gasteiger partial charge in [-0.1, -0.05) is 0 Å². The second-order valence-corrected chi connectivity index (χ2v) is 6.71. The number of carbonyl (C=O) groups excluding carboxylic acids is 1. The lowest BCUT2D eigenvalue weighted by molar-refractivity contribution is -0.128. The summed E-state index contributed by atoms with van der Waals surface area (Å²) in [4.78, 5) is 23.1. The maximum atomic E-state index is 13.1. The van der Waals surface area contributed by atoms with E-state index in [1.807, 2.05) is 24.0 Å². The van der Waals surface area contributed by atoms with Crippen LogP contribution in [0.3, 0.4) is 0 Å². The number of aliphatic imine (C=N–C) groups is 1. The number of hydrogen-bond donors (Lipinski definition) is 1. The maximum absolute atomic E-state index is 13.1. The second kappa shape index (κ2) is 10.7. The van der Waals surface area contributed by atoms with Gasteiger partial charge in [0, 0.05) is 51.5 Å². The number of rotatable bonds is 4. The summed E-state index contributed by atoms with van der Waals surface area (Å²) in [6, 6.07) is 6.63. The van der Waals surface area contributed by atoms with Crippen LogP contribution in [0.5, 0.6) is 0 Å². The molecule has 1 aromatic carbocycles. The van der Waals surface area contributed by atoms with Crippen LogP contribution < -0.4 is 10.2 Å². The molecule has 2 heterocycles. The zero-order valence-corrected chi connectivity index (χ0v) is 18.2. The Labute approximate surface area is 177 Å². The first-order valence-electron chi connectivity index (χ1n) is 9.49. The quantitative estimate of drug-likeness (QED) is 0.400. The molecule has 0 aromatic heterocycles. The minimum absolute atomic E-state index is 0.